The summed E-state index contributed by atoms with van der Waals surface area (Å²) >= 11 is 0.842. The summed E-state index contributed by atoms with van der Waals surface area (Å²) in [5, 5.41) is 24.1. The number of anilines is 1. The van der Waals surface area contributed by atoms with E-state index in [4.69, 9.17) is 0 Å². The van der Waals surface area contributed by atoms with E-state index in [1.807, 2.05) is 0 Å². The normalized spacial score (nSPS) is 10.2. The third-order valence-electron chi connectivity index (χ3n) is 3.02. The maximum Gasteiger partial charge on any atom is 0.350 e. The number of nitro benzene ring substituents is 2. The van der Waals surface area contributed by atoms with E-state index in [-0.39, 0.29) is 15.6 Å². The van der Waals surface area contributed by atoms with Crippen molar-refractivity contribution in [1.82, 2.24) is 4.98 Å². The lowest BCUT2D eigenvalue weighted by Gasteiger charge is -2.03. The largest absolute Gasteiger partial charge is 0.465 e. The van der Waals surface area contributed by atoms with E-state index < -0.39 is 33.1 Å². The number of carbonyl (C=O) groups excluding carboxylic acids is 2. The lowest BCUT2D eigenvalue weighted by Crippen LogP contribution is -2.14. The highest BCUT2D eigenvalue weighted by Crippen LogP contribution is 2.27. The highest BCUT2D eigenvalue weighted by Gasteiger charge is 2.25. The Hall–Kier alpha value is -3.41. The molecule has 0 unspecified atom stereocenters. The fourth-order valence-corrected chi connectivity index (χ4v) is 2.75. The summed E-state index contributed by atoms with van der Waals surface area (Å²) in [5.41, 5.74) is -1.28. The van der Waals surface area contributed by atoms with Gasteiger partial charge in [0.05, 0.1) is 28.7 Å². The van der Waals surface area contributed by atoms with Crippen LogP contribution in [0.1, 0.15) is 25.7 Å². The number of aryl methyl sites for hydroxylation is 1. The van der Waals surface area contributed by atoms with E-state index in [1.54, 1.807) is 0 Å². The van der Waals surface area contributed by atoms with Crippen LogP contribution in [0.2, 0.25) is 0 Å². The minimum absolute atomic E-state index is 0.0375. The first-order valence-corrected chi connectivity index (χ1v) is 7.36. The smallest absolute Gasteiger partial charge is 0.350 e. The van der Waals surface area contributed by atoms with Crippen LogP contribution in [-0.4, -0.2) is 33.8 Å². The number of amides is 1. The first kappa shape index (κ1) is 17.9. The predicted octanol–water partition coefficient (Wildman–Crippen LogP) is 2.31. The van der Waals surface area contributed by atoms with Crippen LogP contribution in [0.5, 0.6) is 0 Å². The lowest BCUT2D eigenvalue weighted by molar-refractivity contribution is -0.394. The molecule has 2 aromatic rings. The number of nitrogens with zero attached hydrogens (tertiary/aromatic N) is 3. The Morgan fingerprint density at radius 2 is 1.92 bits per heavy atom. The Morgan fingerprint density at radius 1 is 1.24 bits per heavy atom. The highest BCUT2D eigenvalue weighted by atomic mass is 32.1. The van der Waals surface area contributed by atoms with Gasteiger partial charge in [0.1, 0.15) is 10.4 Å². The van der Waals surface area contributed by atoms with Gasteiger partial charge < -0.3 is 4.74 Å². The maximum absolute atomic E-state index is 12.2. The van der Waals surface area contributed by atoms with E-state index in [9.17, 15) is 29.8 Å². The summed E-state index contributed by atoms with van der Waals surface area (Å²) in [7, 11) is 1.19. The summed E-state index contributed by atoms with van der Waals surface area (Å²) < 4.78 is 4.57. The third-order valence-corrected chi connectivity index (χ3v) is 4.07. The molecule has 1 aromatic heterocycles. The van der Waals surface area contributed by atoms with Crippen molar-refractivity contribution >= 4 is 39.7 Å². The van der Waals surface area contributed by atoms with Crippen molar-refractivity contribution in [3.63, 3.8) is 0 Å². The van der Waals surface area contributed by atoms with Crippen LogP contribution in [0.25, 0.3) is 0 Å². The first-order valence-electron chi connectivity index (χ1n) is 6.54. The molecule has 0 aliphatic carbocycles. The SMILES string of the molecule is COC(=O)c1sc(NC(=O)c2ccc([N+](=O)[O-])cc2[N+](=O)[O-])nc1C. The van der Waals surface area contributed by atoms with Gasteiger partial charge in [0.25, 0.3) is 17.3 Å². The van der Waals surface area contributed by atoms with Crippen LogP contribution in [0.15, 0.2) is 18.2 Å². The molecule has 0 spiro atoms. The molecule has 0 bridgehead atoms. The van der Waals surface area contributed by atoms with Crippen molar-refractivity contribution in [2.75, 3.05) is 12.4 Å². The molecular formula is C13H10N4O7S. The average molecular weight is 366 g/mol. The van der Waals surface area contributed by atoms with Crippen molar-refractivity contribution in [2.24, 2.45) is 0 Å². The van der Waals surface area contributed by atoms with Crippen LogP contribution in [-0.2, 0) is 4.74 Å². The molecule has 12 heteroatoms. The lowest BCUT2D eigenvalue weighted by atomic mass is 10.1. The van der Waals surface area contributed by atoms with Crippen LogP contribution >= 0.6 is 11.3 Å². The molecule has 0 radical (unpaired) electrons. The quantitative estimate of drug-likeness (QED) is 0.480. The van der Waals surface area contributed by atoms with Gasteiger partial charge in [-0.1, -0.05) is 11.3 Å². The minimum atomic E-state index is -0.894. The number of aromatic nitrogens is 1. The zero-order valence-electron chi connectivity index (χ0n) is 12.8. The summed E-state index contributed by atoms with van der Waals surface area (Å²) in [4.78, 5) is 48.0. The zero-order chi connectivity index (χ0) is 18.7. The van der Waals surface area contributed by atoms with Gasteiger partial charge in [-0.25, -0.2) is 9.78 Å². The number of ether oxygens (including phenoxy) is 1. The van der Waals surface area contributed by atoms with Gasteiger partial charge in [-0.3, -0.25) is 30.3 Å². The Bertz CT molecular complexity index is 892. The topological polar surface area (TPSA) is 155 Å². The van der Waals surface area contributed by atoms with Gasteiger partial charge in [-0.15, -0.1) is 0 Å². The number of nitrogens with one attached hydrogen (secondary N) is 1. The summed E-state index contributed by atoms with van der Waals surface area (Å²) in [6.07, 6.45) is 0. The summed E-state index contributed by atoms with van der Waals surface area (Å²) in [6.45, 7) is 1.53. The van der Waals surface area contributed by atoms with Gasteiger partial charge in [0.2, 0.25) is 0 Å². The van der Waals surface area contributed by atoms with Crippen molar-refractivity contribution in [3.05, 3.63) is 54.6 Å². The number of hydrogen-bond acceptors (Lipinski definition) is 9. The maximum atomic E-state index is 12.2. The summed E-state index contributed by atoms with van der Waals surface area (Å²) in [5.74, 6) is -1.51. The molecule has 11 nitrogen and oxygen atoms in total. The molecule has 1 amide bonds. The van der Waals surface area contributed by atoms with Crippen molar-refractivity contribution in [1.29, 1.82) is 0 Å². The standard InChI is InChI=1S/C13H10N4O7S/c1-6-10(12(19)24-2)25-13(14-6)15-11(18)8-4-3-7(16(20)21)5-9(8)17(22)23/h3-5H,1-2H3,(H,14,15,18). The molecule has 1 heterocycles. The Kier molecular flexibility index (Phi) is 5.02. The number of nitro groups is 2. The van der Waals surface area contributed by atoms with Crippen LogP contribution in [0, 0.1) is 27.2 Å². The number of esters is 1. The molecule has 0 saturated heterocycles. The number of thiazole rings is 1. The molecular weight excluding hydrogens is 356 g/mol. The van der Waals surface area contributed by atoms with E-state index in [2.05, 4.69) is 15.0 Å². The number of non-ortho nitro benzene ring substituents is 1. The minimum Gasteiger partial charge on any atom is -0.465 e. The van der Waals surface area contributed by atoms with Crippen LogP contribution in [0.4, 0.5) is 16.5 Å². The first-order chi connectivity index (χ1) is 11.7. The number of hydrogen-bond donors (Lipinski definition) is 1. The Morgan fingerprint density at radius 3 is 2.48 bits per heavy atom. The van der Waals surface area contributed by atoms with E-state index >= 15 is 0 Å². The van der Waals surface area contributed by atoms with Gasteiger partial charge >= 0.3 is 5.97 Å². The molecule has 0 fully saturated rings. The predicted molar refractivity (Wildman–Crippen MR) is 85.9 cm³/mol. The van der Waals surface area contributed by atoms with Gasteiger partial charge in [-0.05, 0) is 13.0 Å². The molecule has 2 rings (SSSR count). The second-order valence-electron chi connectivity index (χ2n) is 4.59. The van der Waals surface area contributed by atoms with Gasteiger partial charge in [0, 0.05) is 6.07 Å². The molecule has 0 saturated carbocycles. The molecule has 0 aliphatic rings. The summed E-state index contributed by atoms with van der Waals surface area (Å²) in [6, 6.07) is 2.66. The monoisotopic (exact) mass is 366 g/mol. The molecule has 25 heavy (non-hydrogen) atoms. The Labute approximate surface area is 143 Å². The number of rotatable bonds is 5. The average Bonchev–Trinajstić information content (AvgIpc) is 2.93. The molecule has 1 aromatic carbocycles. The zero-order valence-corrected chi connectivity index (χ0v) is 13.7. The van der Waals surface area contributed by atoms with Crippen molar-refractivity contribution in [2.45, 2.75) is 6.92 Å². The second-order valence-corrected chi connectivity index (χ2v) is 5.59. The highest BCUT2D eigenvalue weighted by molar-refractivity contribution is 7.17. The van der Waals surface area contributed by atoms with Gasteiger partial charge in [0.15, 0.2) is 5.13 Å². The van der Waals surface area contributed by atoms with E-state index in [0.29, 0.717) is 11.8 Å². The molecule has 0 aliphatic heterocycles. The molecule has 0 atom stereocenters. The van der Waals surface area contributed by atoms with E-state index in [1.165, 1.54) is 14.0 Å². The molecule has 130 valence electrons. The van der Waals surface area contributed by atoms with Crippen LogP contribution in [0.3, 0.4) is 0 Å². The number of benzene rings is 1. The Balaban J connectivity index is 2.34. The van der Waals surface area contributed by atoms with E-state index in [0.717, 1.165) is 23.5 Å². The van der Waals surface area contributed by atoms with Crippen LogP contribution < -0.4 is 5.32 Å². The fraction of sp³-hybridized carbons (Fsp3) is 0.154. The third kappa shape index (κ3) is 3.74. The van der Waals surface area contributed by atoms with Crippen molar-refractivity contribution in [3.8, 4) is 0 Å². The number of methoxy groups -OCH3 is 1. The fourth-order valence-electron chi connectivity index (χ4n) is 1.87. The number of carbonyl (C=O) groups is 2. The molecule has 1 N–H and O–H groups in total. The van der Waals surface area contributed by atoms with Crippen molar-refractivity contribution < 1.29 is 24.2 Å². The van der Waals surface area contributed by atoms with Gasteiger partial charge in [-0.2, -0.15) is 0 Å². The second kappa shape index (κ2) is 7.00.